The standard InChI is InChI=1S/C14H15ClN4O/c1-9-3-4-12-10(2)19(6-5-18(9)12)14(20)11-7-16-8-13(15)17-11/h3-4,7-8,10H,5-6H2,1-2H3. The van der Waals surface area contributed by atoms with Crippen molar-refractivity contribution in [3.63, 3.8) is 0 Å². The number of rotatable bonds is 1. The lowest BCUT2D eigenvalue weighted by molar-refractivity contribution is 0.0636. The molecule has 1 aliphatic rings. The Morgan fingerprint density at radius 1 is 1.35 bits per heavy atom. The summed E-state index contributed by atoms with van der Waals surface area (Å²) in [5.41, 5.74) is 2.67. The molecule has 0 N–H and O–H groups in total. The Hall–Kier alpha value is -1.88. The van der Waals surface area contributed by atoms with Gasteiger partial charge in [0.15, 0.2) is 0 Å². The second kappa shape index (κ2) is 4.90. The molecule has 0 spiro atoms. The van der Waals surface area contributed by atoms with Gasteiger partial charge in [-0.1, -0.05) is 11.6 Å². The number of hydrogen-bond acceptors (Lipinski definition) is 3. The number of fused-ring (bicyclic) bond motifs is 1. The second-order valence-electron chi connectivity index (χ2n) is 4.95. The zero-order chi connectivity index (χ0) is 14.3. The summed E-state index contributed by atoms with van der Waals surface area (Å²) in [6.07, 6.45) is 2.88. The number of nitrogens with zero attached hydrogens (tertiary/aromatic N) is 4. The van der Waals surface area contributed by atoms with Crippen LogP contribution in [0, 0.1) is 6.92 Å². The van der Waals surface area contributed by atoms with Crippen LogP contribution in [0.25, 0.3) is 0 Å². The van der Waals surface area contributed by atoms with E-state index in [0.717, 1.165) is 12.2 Å². The molecule has 0 fully saturated rings. The van der Waals surface area contributed by atoms with E-state index in [4.69, 9.17) is 11.6 Å². The molecule has 0 saturated carbocycles. The van der Waals surface area contributed by atoms with E-state index in [9.17, 15) is 4.79 Å². The van der Waals surface area contributed by atoms with E-state index < -0.39 is 0 Å². The number of halogens is 1. The third-order valence-corrected chi connectivity index (χ3v) is 3.96. The van der Waals surface area contributed by atoms with Crippen molar-refractivity contribution >= 4 is 17.5 Å². The first kappa shape index (κ1) is 13.1. The van der Waals surface area contributed by atoms with Gasteiger partial charge in [-0.05, 0) is 26.0 Å². The fourth-order valence-electron chi connectivity index (χ4n) is 2.69. The van der Waals surface area contributed by atoms with Gasteiger partial charge in [-0.3, -0.25) is 9.78 Å². The van der Waals surface area contributed by atoms with E-state index in [1.807, 2.05) is 11.8 Å². The quantitative estimate of drug-likeness (QED) is 0.811. The molecular formula is C14H15ClN4O. The molecule has 1 aliphatic heterocycles. The van der Waals surface area contributed by atoms with Crippen LogP contribution in [-0.2, 0) is 6.54 Å². The summed E-state index contributed by atoms with van der Waals surface area (Å²) in [5, 5.41) is 0.236. The average molecular weight is 291 g/mol. The van der Waals surface area contributed by atoms with E-state index in [0.29, 0.717) is 12.2 Å². The smallest absolute Gasteiger partial charge is 0.274 e. The molecule has 2 aromatic heterocycles. The van der Waals surface area contributed by atoms with Gasteiger partial charge < -0.3 is 9.47 Å². The molecule has 6 heteroatoms. The number of carbonyl (C=O) groups is 1. The maximum Gasteiger partial charge on any atom is 0.274 e. The van der Waals surface area contributed by atoms with E-state index in [1.165, 1.54) is 18.1 Å². The summed E-state index contributed by atoms with van der Waals surface area (Å²) >= 11 is 5.80. The first-order chi connectivity index (χ1) is 9.58. The molecule has 0 bridgehead atoms. The van der Waals surface area contributed by atoms with Gasteiger partial charge in [-0.15, -0.1) is 0 Å². The number of hydrogen-bond donors (Lipinski definition) is 0. The van der Waals surface area contributed by atoms with Gasteiger partial charge in [0, 0.05) is 24.5 Å². The molecule has 0 saturated heterocycles. The van der Waals surface area contributed by atoms with Gasteiger partial charge in [-0.25, -0.2) is 4.98 Å². The minimum absolute atomic E-state index is 0.0192. The van der Waals surface area contributed by atoms with Crippen LogP contribution in [0.5, 0.6) is 0 Å². The minimum Gasteiger partial charge on any atom is -0.345 e. The molecule has 1 amide bonds. The van der Waals surface area contributed by atoms with Crippen LogP contribution in [0.15, 0.2) is 24.5 Å². The Kier molecular flexibility index (Phi) is 3.22. The molecular weight excluding hydrogens is 276 g/mol. The summed E-state index contributed by atoms with van der Waals surface area (Å²) in [5.74, 6) is -0.127. The topological polar surface area (TPSA) is 51.0 Å². The number of aryl methyl sites for hydroxylation is 1. The second-order valence-corrected chi connectivity index (χ2v) is 5.34. The molecule has 0 aromatic carbocycles. The molecule has 1 unspecified atom stereocenters. The van der Waals surface area contributed by atoms with E-state index in [2.05, 4.69) is 33.6 Å². The first-order valence-electron chi connectivity index (χ1n) is 6.52. The Balaban J connectivity index is 1.91. The molecule has 5 nitrogen and oxygen atoms in total. The SMILES string of the molecule is Cc1ccc2n1CCN(C(=O)c1cncc(Cl)n1)C2C. The number of aromatic nitrogens is 3. The van der Waals surface area contributed by atoms with E-state index >= 15 is 0 Å². The van der Waals surface area contributed by atoms with Crippen LogP contribution in [-0.4, -0.2) is 31.9 Å². The Morgan fingerprint density at radius 3 is 2.90 bits per heavy atom. The van der Waals surface area contributed by atoms with Crippen molar-refractivity contribution < 1.29 is 4.79 Å². The van der Waals surface area contributed by atoms with Crippen LogP contribution in [0.3, 0.4) is 0 Å². The monoisotopic (exact) mass is 290 g/mol. The van der Waals surface area contributed by atoms with Crippen LogP contribution < -0.4 is 0 Å². The predicted molar refractivity (Wildman–Crippen MR) is 75.7 cm³/mol. The Morgan fingerprint density at radius 2 is 2.15 bits per heavy atom. The highest BCUT2D eigenvalue weighted by Gasteiger charge is 2.29. The molecule has 20 heavy (non-hydrogen) atoms. The lowest BCUT2D eigenvalue weighted by atomic mass is 10.1. The van der Waals surface area contributed by atoms with Crippen molar-refractivity contribution in [1.82, 2.24) is 19.4 Å². The zero-order valence-corrected chi connectivity index (χ0v) is 12.1. The normalized spacial score (nSPS) is 17.9. The fraction of sp³-hybridized carbons (Fsp3) is 0.357. The first-order valence-corrected chi connectivity index (χ1v) is 6.90. The van der Waals surface area contributed by atoms with Gasteiger partial charge in [-0.2, -0.15) is 0 Å². The summed E-state index contributed by atoms with van der Waals surface area (Å²) < 4.78 is 2.25. The Labute approximate surface area is 122 Å². The maximum absolute atomic E-state index is 12.5. The van der Waals surface area contributed by atoms with Crippen LogP contribution in [0.2, 0.25) is 5.15 Å². The third-order valence-electron chi connectivity index (χ3n) is 3.78. The van der Waals surface area contributed by atoms with Gasteiger partial charge >= 0.3 is 0 Å². The third kappa shape index (κ3) is 2.08. The molecule has 3 heterocycles. The van der Waals surface area contributed by atoms with Crippen molar-refractivity contribution in [2.75, 3.05) is 6.54 Å². The lowest BCUT2D eigenvalue weighted by Gasteiger charge is -2.35. The highest BCUT2D eigenvalue weighted by Crippen LogP contribution is 2.28. The molecule has 0 aliphatic carbocycles. The minimum atomic E-state index is -0.127. The van der Waals surface area contributed by atoms with Crippen molar-refractivity contribution in [3.8, 4) is 0 Å². The van der Waals surface area contributed by atoms with E-state index in [-0.39, 0.29) is 17.1 Å². The van der Waals surface area contributed by atoms with Gasteiger partial charge in [0.25, 0.3) is 5.91 Å². The maximum atomic E-state index is 12.5. The van der Waals surface area contributed by atoms with Crippen LogP contribution in [0.1, 0.15) is 34.8 Å². The van der Waals surface area contributed by atoms with Gasteiger partial charge in [0.2, 0.25) is 0 Å². The summed E-state index contributed by atoms with van der Waals surface area (Å²) in [7, 11) is 0. The van der Waals surface area contributed by atoms with Crippen molar-refractivity contribution in [2.45, 2.75) is 26.4 Å². The summed E-state index contributed by atoms with van der Waals surface area (Å²) in [4.78, 5) is 22.3. The molecule has 0 radical (unpaired) electrons. The van der Waals surface area contributed by atoms with Crippen LogP contribution in [0.4, 0.5) is 0 Å². The van der Waals surface area contributed by atoms with Crippen molar-refractivity contribution in [2.24, 2.45) is 0 Å². The molecule has 104 valence electrons. The van der Waals surface area contributed by atoms with Gasteiger partial charge in [0.05, 0.1) is 18.4 Å². The summed E-state index contributed by atoms with van der Waals surface area (Å²) in [6, 6.07) is 4.17. The van der Waals surface area contributed by atoms with Crippen molar-refractivity contribution in [3.05, 3.63) is 46.8 Å². The predicted octanol–water partition coefficient (Wildman–Crippen LogP) is 2.46. The van der Waals surface area contributed by atoms with Gasteiger partial charge in [0.1, 0.15) is 10.8 Å². The van der Waals surface area contributed by atoms with E-state index in [1.54, 1.807) is 0 Å². The zero-order valence-electron chi connectivity index (χ0n) is 11.4. The largest absolute Gasteiger partial charge is 0.345 e. The highest BCUT2D eigenvalue weighted by molar-refractivity contribution is 6.29. The fourth-order valence-corrected chi connectivity index (χ4v) is 2.84. The number of amides is 1. The van der Waals surface area contributed by atoms with Crippen molar-refractivity contribution in [1.29, 1.82) is 0 Å². The molecule has 2 aromatic rings. The lowest BCUT2D eigenvalue weighted by Crippen LogP contribution is -2.41. The molecule has 3 rings (SSSR count). The number of carbonyl (C=O) groups excluding carboxylic acids is 1. The molecule has 1 atom stereocenters. The highest BCUT2D eigenvalue weighted by atomic mass is 35.5. The average Bonchev–Trinajstić information content (AvgIpc) is 2.81. The summed E-state index contributed by atoms with van der Waals surface area (Å²) in [6.45, 7) is 5.57. The Bertz CT molecular complexity index is 667. The van der Waals surface area contributed by atoms with Crippen LogP contribution >= 0.6 is 11.6 Å².